The van der Waals surface area contributed by atoms with Crippen molar-refractivity contribution < 1.29 is 18.8 Å². The maximum atomic E-state index is 12.5. The summed E-state index contributed by atoms with van der Waals surface area (Å²) in [5.41, 5.74) is 0.801. The van der Waals surface area contributed by atoms with Crippen LogP contribution in [-0.4, -0.2) is 27.8 Å². The Morgan fingerprint density at radius 1 is 1.04 bits per heavy atom. The van der Waals surface area contributed by atoms with Crippen LogP contribution in [0.25, 0.3) is 0 Å². The maximum absolute atomic E-state index is 12.5. The lowest BCUT2D eigenvalue weighted by molar-refractivity contribution is 0.102. The number of aryl methyl sites for hydroxylation is 2. The number of amides is 1. The van der Waals surface area contributed by atoms with E-state index < -0.39 is 0 Å². The van der Waals surface area contributed by atoms with Crippen LogP contribution in [0.3, 0.4) is 0 Å². The van der Waals surface area contributed by atoms with E-state index in [1.54, 1.807) is 44.2 Å². The van der Waals surface area contributed by atoms with Crippen LogP contribution in [0, 0.1) is 13.8 Å². The molecule has 0 radical (unpaired) electrons. The van der Waals surface area contributed by atoms with Crippen molar-refractivity contribution in [2.24, 2.45) is 0 Å². The van der Waals surface area contributed by atoms with Gasteiger partial charge in [-0.15, -0.1) is 0 Å². The van der Waals surface area contributed by atoms with Gasteiger partial charge in [-0.05, 0) is 26.0 Å². The third kappa shape index (κ3) is 3.27. The van der Waals surface area contributed by atoms with E-state index in [4.69, 9.17) is 14.0 Å². The molecular formula is C17H15N5O4. The lowest BCUT2D eigenvalue weighted by Gasteiger charge is -2.08. The molecule has 3 aromatic rings. The Balaban J connectivity index is 1.53. The van der Waals surface area contributed by atoms with Crippen molar-refractivity contribution in [2.45, 2.75) is 13.8 Å². The van der Waals surface area contributed by atoms with Crippen LogP contribution in [0.15, 0.2) is 34.9 Å². The highest BCUT2D eigenvalue weighted by Crippen LogP contribution is 2.34. The fourth-order valence-electron chi connectivity index (χ4n) is 2.47. The van der Waals surface area contributed by atoms with Crippen molar-refractivity contribution in [3.8, 4) is 11.5 Å². The molecule has 0 atom stereocenters. The van der Waals surface area contributed by atoms with E-state index in [1.807, 2.05) is 0 Å². The summed E-state index contributed by atoms with van der Waals surface area (Å²) in [5.74, 6) is 2.93. The number of anilines is 3. The molecule has 2 N–H and O–H groups in total. The number of benzene rings is 1. The zero-order chi connectivity index (χ0) is 18.1. The summed E-state index contributed by atoms with van der Waals surface area (Å²) in [5, 5.41) is 9.61. The van der Waals surface area contributed by atoms with E-state index in [-0.39, 0.29) is 18.4 Å². The predicted molar refractivity (Wildman–Crippen MR) is 91.8 cm³/mol. The zero-order valence-corrected chi connectivity index (χ0v) is 14.1. The number of nitrogens with one attached hydrogen (secondary N) is 2. The summed E-state index contributed by atoms with van der Waals surface area (Å²) in [6.45, 7) is 3.67. The average molecular weight is 353 g/mol. The molecule has 132 valence electrons. The summed E-state index contributed by atoms with van der Waals surface area (Å²) in [4.78, 5) is 21.0. The second kappa shape index (κ2) is 6.36. The molecule has 2 aromatic heterocycles. The molecule has 26 heavy (non-hydrogen) atoms. The van der Waals surface area contributed by atoms with Crippen LogP contribution in [0.5, 0.6) is 11.5 Å². The van der Waals surface area contributed by atoms with Crippen molar-refractivity contribution in [1.29, 1.82) is 0 Å². The van der Waals surface area contributed by atoms with E-state index in [0.717, 1.165) is 0 Å². The number of ether oxygens (including phenoxy) is 2. The SMILES string of the molecule is Cc1nc(Nc2cc(C)on2)cc(C(=O)Nc2ccc3c(c2)OCO3)n1. The Morgan fingerprint density at radius 3 is 2.69 bits per heavy atom. The molecule has 1 aliphatic heterocycles. The molecule has 9 nitrogen and oxygen atoms in total. The molecule has 0 fully saturated rings. The molecule has 0 unspecified atom stereocenters. The van der Waals surface area contributed by atoms with Gasteiger partial charge in [0.25, 0.3) is 5.91 Å². The molecule has 9 heteroatoms. The number of nitrogens with zero attached hydrogens (tertiary/aromatic N) is 3. The second-order valence-electron chi connectivity index (χ2n) is 5.66. The van der Waals surface area contributed by atoms with Crippen molar-refractivity contribution in [3.63, 3.8) is 0 Å². The van der Waals surface area contributed by atoms with E-state index in [0.29, 0.717) is 40.4 Å². The lowest BCUT2D eigenvalue weighted by atomic mass is 10.2. The number of hydrogen-bond donors (Lipinski definition) is 2. The fourth-order valence-corrected chi connectivity index (χ4v) is 2.47. The Hall–Kier alpha value is -3.62. The number of fused-ring (bicyclic) bond motifs is 1. The molecule has 0 bridgehead atoms. The van der Waals surface area contributed by atoms with Gasteiger partial charge in [0.2, 0.25) is 6.79 Å². The lowest BCUT2D eigenvalue weighted by Crippen LogP contribution is -2.15. The van der Waals surface area contributed by atoms with Gasteiger partial charge in [0.15, 0.2) is 17.3 Å². The van der Waals surface area contributed by atoms with Crippen LogP contribution in [-0.2, 0) is 0 Å². The minimum absolute atomic E-state index is 0.175. The largest absolute Gasteiger partial charge is 0.454 e. The van der Waals surface area contributed by atoms with Crippen molar-refractivity contribution >= 4 is 23.2 Å². The molecule has 1 aromatic carbocycles. The van der Waals surface area contributed by atoms with Crippen LogP contribution < -0.4 is 20.1 Å². The highest BCUT2D eigenvalue weighted by Gasteiger charge is 2.16. The van der Waals surface area contributed by atoms with Gasteiger partial charge in [-0.3, -0.25) is 4.79 Å². The third-order valence-corrected chi connectivity index (χ3v) is 3.59. The van der Waals surface area contributed by atoms with Gasteiger partial charge in [-0.1, -0.05) is 5.16 Å². The summed E-state index contributed by atoms with van der Waals surface area (Å²) in [6, 6.07) is 8.44. The Kier molecular flexibility index (Phi) is 3.88. The van der Waals surface area contributed by atoms with Crippen molar-refractivity contribution in [1.82, 2.24) is 15.1 Å². The first kappa shape index (κ1) is 15.9. The smallest absolute Gasteiger partial charge is 0.274 e. The van der Waals surface area contributed by atoms with Gasteiger partial charge in [0.05, 0.1) is 0 Å². The van der Waals surface area contributed by atoms with E-state index in [9.17, 15) is 4.79 Å². The van der Waals surface area contributed by atoms with Gasteiger partial charge < -0.3 is 24.6 Å². The number of aromatic nitrogens is 3. The summed E-state index contributed by atoms with van der Waals surface area (Å²) < 4.78 is 15.6. The third-order valence-electron chi connectivity index (χ3n) is 3.59. The Bertz CT molecular complexity index is 985. The first-order chi connectivity index (χ1) is 12.6. The quantitative estimate of drug-likeness (QED) is 0.736. The monoisotopic (exact) mass is 353 g/mol. The first-order valence-corrected chi connectivity index (χ1v) is 7.84. The van der Waals surface area contributed by atoms with E-state index in [2.05, 4.69) is 25.8 Å². The highest BCUT2D eigenvalue weighted by molar-refractivity contribution is 6.03. The van der Waals surface area contributed by atoms with Crippen LogP contribution in [0.4, 0.5) is 17.3 Å². The van der Waals surface area contributed by atoms with Gasteiger partial charge in [0, 0.05) is 23.9 Å². The van der Waals surface area contributed by atoms with Gasteiger partial charge in [-0.25, -0.2) is 9.97 Å². The molecule has 1 aliphatic rings. The summed E-state index contributed by atoms with van der Waals surface area (Å²) in [7, 11) is 0. The second-order valence-corrected chi connectivity index (χ2v) is 5.66. The maximum Gasteiger partial charge on any atom is 0.274 e. The molecule has 0 spiro atoms. The minimum atomic E-state index is -0.367. The van der Waals surface area contributed by atoms with Crippen LogP contribution >= 0.6 is 0 Å². The van der Waals surface area contributed by atoms with Gasteiger partial charge in [0.1, 0.15) is 23.1 Å². The van der Waals surface area contributed by atoms with E-state index >= 15 is 0 Å². The predicted octanol–water partition coefficient (Wildman–Crippen LogP) is 2.81. The molecular weight excluding hydrogens is 338 g/mol. The molecule has 3 heterocycles. The normalized spacial score (nSPS) is 12.1. The van der Waals surface area contributed by atoms with Crippen LogP contribution in [0.2, 0.25) is 0 Å². The van der Waals surface area contributed by atoms with Crippen LogP contribution in [0.1, 0.15) is 22.1 Å². The number of rotatable bonds is 4. The molecule has 0 aliphatic carbocycles. The topological polar surface area (TPSA) is 111 Å². The average Bonchev–Trinajstić information content (AvgIpc) is 3.22. The van der Waals surface area contributed by atoms with Crippen molar-refractivity contribution in [2.75, 3.05) is 17.4 Å². The number of carbonyl (C=O) groups excluding carboxylic acids is 1. The summed E-state index contributed by atoms with van der Waals surface area (Å²) >= 11 is 0. The fraction of sp³-hybridized carbons (Fsp3) is 0.176. The molecule has 4 rings (SSSR count). The summed E-state index contributed by atoms with van der Waals surface area (Å²) in [6.07, 6.45) is 0. The molecule has 0 saturated heterocycles. The molecule has 0 saturated carbocycles. The molecule has 1 amide bonds. The minimum Gasteiger partial charge on any atom is -0.454 e. The van der Waals surface area contributed by atoms with E-state index in [1.165, 1.54) is 0 Å². The number of hydrogen-bond acceptors (Lipinski definition) is 8. The van der Waals surface area contributed by atoms with Gasteiger partial charge in [-0.2, -0.15) is 0 Å². The Morgan fingerprint density at radius 2 is 1.88 bits per heavy atom. The zero-order valence-electron chi connectivity index (χ0n) is 14.1. The standard InChI is InChI=1S/C17H15N5O4/c1-9-5-16(22-26-9)21-15-7-12(18-10(2)19-15)17(23)20-11-3-4-13-14(6-11)25-8-24-13/h3-7H,8H2,1-2H3,(H,20,23)(H,18,19,21,22). The first-order valence-electron chi connectivity index (χ1n) is 7.84. The Labute approximate surface area is 148 Å². The van der Waals surface area contributed by atoms with Crippen molar-refractivity contribution in [3.05, 3.63) is 47.6 Å². The van der Waals surface area contributed by atoms with Gasteiger partial charge >= 0.3 is 0 Å². The highest BCUT2D eigenvalue weighted by atomic mass is 16.7. The number of carbonyl (C=O) groups is 1.